The SMILES string of the molecule is Oc1c(/C=C2\C=Nc3ccccc32)nc(-c2ccc(Cl)cc2)n1-c1ccccc1. The molecule has 0 saturated carbocycles. The predicted molar refractivity (Wildman–Crippen MR) is 118 cm³/mol. The predicted octanol–water partition coefficient (Wildman–Crippen LogP) is 6.15. The summed E-state index contributed by atoms with van der Waals surface area (Å²) in [6.07, 6.45) is 3.66. The van der Waals surface area contributed by atoms with Crippen molar-refractivity contribution in [3.63, 3.8) is 0 Å². The van der Waals surface area contributed by atoms with Crippen molar-refractivity contribution in [2.24, 2.45) is 4.99 Å². The number of fused-ring (bicyclic) bond motifs is 1. The molecule has 1 aliphatic heterocycles. The van der Waals surface area contributed by atoms with Crippen LogP contribution in [0.1, 0.15) is 11.3 Å². The molecule has 3 aromatic carbocycles. The lowest BCUT2D eigenvalue weighted by Gasteiger charge is -2.09. The van der Waals surface area contributed by atoms with Crippen molar-refractivity contribution < 1.29 is 5.11 Å². The van der Waals surface area contributed by atoms with Crippen molar-refractivity contribution in [2.75, 3.05) is 0 Å². The fourth-order valence-electron chi connectivity index (χ4n) is 3.44. The third kappa shape index (κ3) is 3.13. The third-order valence-corrected chi connectivity index (χ3v) is 5.10. The van der Waals surface area contributed by atoms with E-state index < -0.39 is 0 Å². The fraction of sp³-hybridized carbons (Fsp3) is 0. The molecule has 1 aliphatic rings. The number of aromatic nitrogens is 2. The summed E-state index contributed by atoms with van der Waals surface area (Å²) in [5.41, 5.74) is 5.02. The summed E-state index contributed by atoms with van der Waals surface area (Å²) in [6, 6.07) is 25.0. The van der Waals surface area contributed by atoms with Gasteiger partial charge in [-0.1, -0.05) is 48.0 Å². The standard InChI is InChI=1S/C24H16ClN3O/c25-18-12-10-16(11-13-18)23-27-22(24(29)28(23)19-6-2-1-3-7-19)14-17-15-26-21-9-5-4-8-20(17)21/h1-15,29H/b17-14+. The van der Waals surface area contributed by atoms with Crippen LogP contribution in [-0.2, 0) is 0 Å². The van der Waals surface area contributed by atoms with E-state index in [1.54, 1.807) is 10.8 Å². The molecule has 140 valence electrons. The minimum Gasteiger partial charge on any atom is -0.493 e. The highest BCUT2D eigenvalue weighted by Crippen LogP contribution is 2.36. The van der Waals surface area contributed by atoms with E-state index in [-0.39, 0.29) is 5.88 Å². The lowest BCUT2D eigenvalue weighted by Crippen LogP contribution is -1.96. The van der Waals surface area contributed by atoms with Crippen LogP contribution in [0.25, 0.3) is 28.7 Å². The third-order valence-electron chi connectivity index (χ3n) is 4.85. The van der Waals surface area contributed by atoms with Crippen LogP contribution >= 0.6 is 11.6 Å². The summed E-state index contributed by atoms with van der Waals surface area (Å²) in [6.45, 7) is 0. The topological polar surface area (TPSA) is 50.4 Å². The van der Waals surface area contributed by atoms with Crippen LogP contribution in [-0.4, -0.2) is 20.9 Å². The highest BCUT2D eigenvalue weighted by molar-refractivity contribution is 6.30. The molecule has 0 amide bonds. The number of hydrogen-bond acceptors (Lipinski definition) is 3. The Morgan fingerprint density at radius 1 is 0.862 bits per heavy atom. The molecule has 0 bridgehead atoms. The molecule has 0 spiro atoms. The average molecular weight is 398 g/mol. The van der Waals surface area contributed by atoms with E-state index in [0.29, 0.717) is 16.5 Å². The van der Waals surface area contributed by atoms with Gasteiger partial charge in [-0.25, -0.2) is 4.98 Å². The van der Waals surface area contributed by atoms with Gasteiger partial charge in [-0.3, -0.25) is 9.56 Å². The second kappa shape index (κ2) is 7.08. The van der Waals surface area contributed by atoms with Gasteiger partial charge in [0.1, 0.15) is 11.5 Å². The monoisotopic (exact) mass is 397 g/mol. The summed E-state index contributed by atoms with van der Waals surface area (Å²) >= 11 is 6.05. The molecule has 5 heteroatoms. The highest BCUT2D eigenvalue weighted by atomic mass is 35.5. The number of imidazole rings is 1. The van der Waals surface area contributed by atoms with Gasteiger partial charge in [-0.2, -0.15) is 0 Å². The first-order valence-electron chi connectivity index (χ1n) is 9.19. The van der Waals surface area contributed by atoms with E-state index in [0.717, 1.165) is 28.1 Å². The zero-order chi connectivity index (χ0) is 19.8. The molecule has 4 aromatic rings. The second-order valence-electron chi connectivity index (χ2n) is 6.70. The van der Waals surface area contributed by atoms with Crippen LogP contribution in [0.5, 0.6) is 5.88 Å². The summed E-state index contributed by atoms with van der Waals surface area (Å²) in [7, 11) is 0. The molecule has 0 radical (unpaired) electrons. The van der Waals surface area contributed by atoms with Crippen molar-refractivity contribution in [3.05, 3.63) is 95.1 Å². The van der Waals surface area contributed by atoms with Crippen LogP contribution in [0.4, 0.5) is 5.69 Å². The molecule has 0 fully saturated rings. The lowest BCUT2D eigenvalue weighted by atomic mass is 10.1. The van der Waals surface area contributed by atoms with E-state index >= 15 is 0 Å². The number of hydrogen-bond donors (Lipinski definition) is 1. The van der Waals surface area contributed by atoms with E-state index in [4.69, 9.17) is 16.6 Å². The van der Waals surface area contributed by atoms with Gasteiger partial charge in [0.25, 0.3) is 0 Å². The Kier molecular flexibility index (Phi) is 4.26. The number of benzene rings is 3. The maximum absolute atomic E-state index is 11.1. The summed E-state index contributed by atoms with van der Waals surface area (Å²) < 4.78 is 1.74. The number of para-hydroxylation sites is 2. The van der Waals surface area contributed by atoms with E-state index in [1.807, 2.05) is 84.9 Å². The first kappa shape index (κ1) is 17.5. The number of nitrogens with zero attached hydrogens (tertiary/aromatic N) is 3. The Morgan fingerprint density at radius 3 is 2.38 bits per heavy atom. The van der Waals surface area contributed by atoms with E-state index in [9.17, 15) is 5.11 Å². The molecule has 0 aliphatic carbocycles. The molecule has 1 aromatic heterocycles. The molecule has 0 saturated heterocycles. The van der Waals surface area contributed by atoms with E-state index in [1.165, 1.54) is 0 Å². The van der Waals surface area contributed by atoms with Gasteiger partial charge < -0.3 is 5.11 Å². The minimum atomic E-state index is 0.0754. The van der Waals surface area contributed by atoms with Crippen LogP contribution in [0.2, 0.25) is 5.02 Å². The number of rotatable bonds is 3. The largest absolute Gasteiger partial charge is 0.493 e. The molecule has 0 unspecified atom stereocenters. The van der Waals surface area contributed by atoms with Crippen molar-refractivity contribution in [1.29, 1.82) is 0 Å². The Bertz CT molecular complexity index is 1260. The maximum Gasteiger partial charge on any atom is 0.224 e. The fourth-order valence-corrected chi connectivity index (χ4v) is 3.57. The van der Waals surface area contributed by atoms with E-state index in [2.05, 4.69) is 4.99 Å². The Labute approximate surface area is 173 Å². The molecule has 1 N–H and O–H groups in total. The summed E-state index contributed by atoms with van der Waals surface area (Å²) in [5, 5.41) is 11.7. The van der Waals surface area contributed by atoms with Gasteiger partial charge in [0.05, 0.1) is 11.4 Å². The number of aliphatic imine (C=N–C) groups is 1. The molecule has 5 rings (SSSR count). The van der Waals surface area contributed by atoms with Crippen molar-refractivity contribution >= 4 is 35.2 Å². The Balaban J connectivity index is 1.69. The first-order chi connectivity index (χ1) is 14.2. The van der Waals surface area contributed by atoms with Crippen molar-refractivity contribution in [1.82, 2.24) is 9.55 Å². The van der Waals surface area contributed by atoms with Gasteiger partial charge in [-0.15, -0.1) is 0 Å². The molecular weight excluding hydrogens is 382 g/mol. The zero-order valence-electron chi connectivity index (χ0n) is 15.3. The Morgan fingerprint density at radius 2 is 1.59 bits per heavy atom. The quantitative estimate of drug-likeness (QED) is 0.450. The van der Waals surface area contributed by atoms with Gasteiger partial charge >= 0.3 is 0 Å². The highest BCUT2D eigenvalue weighted by Gasteiger charge is 2.20. The molecule has 4 nitrogen and oxygen atoms in total. The summed E-state index contributed by atoms with van der Waals surface area (Å²) in [5.74, 6) is 0.715. The molecule has 29 heavy (non-hydrogen) atoms. The molecule has 0 atom stereocenters. The first-order valence-corrected chi connectivity index (χ1v) is 9.57. The average Bonchev–Trinajstić information content (AvgIpc) is 3.31. The van der Waals surface area contributed by atoms with Crippen LogP contribution in [0, 0.1) is 0 Å². The second-order valence-corrected chi connectivity index (χ2v) is 7.13. The number of allylic oxidation sites excluding steroid dienone is 1. The van der Waals surface area contributed by atoms with Crippen molar-refractivity contribution in [3.8, 4) is 23.0 Å². The van der Waals surface area contributed by atoms with Crippen LogP contribution in [0.3, 0.4) is 0 Å². The van der Waals surface area contributed by atoms with Crippen molar-refractivity contribution in [2.45, 2.75) is 0 Å². The van der Waals surface area contributed by atoms with Crippen LogP contribution in [0.15, 0.2) is 83.9 Å². The van der Waals surface area contributed by atoms with Gasteiger partial charge in [0.2, 0.25) is 5.88 Å². The lowest BCUT2D eigenvalue weighted by molar-refractivity contribution is 0.442. The van der Waals surface area contributed by atoms with Gasteiger partial charge in [-0.05, 0) is 48.5 Å². The Hall–Kier alpha value is -3.63. The van der Waals surface area contributed by atoms with Gasteiger partial charge in [0.15, 0.2) is 0 Å². The zero-order valence-corrected chi connectivity index (χ0v) is 16.1. The number of aromatic hydroxyl groups is 1. The minimum absolute atomic E-state index is 0.0754. The van der Waals surface area contributed by atoms with Gasteiger partial charge in [0, 0.05) is 27.9 Å². The smallest absolute Gasteiger partial charge is 0.224 e. The van der Waals surface area contributed by atoms with Crippen LogP contribution < -0.4 is 0 Å². The number of halogens is 1. The normalized spacial score (nSPS) is 13.8. The summed E-state index contributed by atoms with van der Waals surface area (Å²) in [4.78, 5) is 9.19. The molecular formula is C24H16ClN3O. The molecule has 2 heterocycles. The maximum atomic E-state index is 11.1.